The van der Waals surface area contributed by atoms with E-state index in [1.165, 1.54) is 16.8 Å². The van der Waals surface area contributed by atoms with Gasteiger partial charge in [0.25, 0.3) is 0 Å². The van der Waals surface area contributed by atoms with Crippen molar-refractivity contribution in [3.63, 3.8) is 0 Å². The number of nitrogens with one attached hydrogen (secondary N) is 1. The number of rotatable bonds is 6. The van der Waals surface area contributed by atoms with E-state index in [-0.39, 0.29) is 6.04 Å². The molecule has 1 N–H and O–H groups in total. The Hall–Kier alpha value is -1.81. The second kappa shape index (κ2) is 6.76. The molecule has 1 aromatic carbocycles. The molecule has 114 valence electrons. The summed E-state index contributed by atoms with van der Waals surface area (Å²) in [6.07, 6.45) is 0. The molecular weight excluding hydrogens is 262 g/mol. The predicted molar refractivity (Wildman–Crippen MR) is 85.5 cm³/mol. The quantitative estimate of drug-likeness (QED) is 0.886. The van der Waals surface area contributed by atoms with Crippen molar-refractivity contribution in [2.75, 3.05) is 6.61 Å². The fourth-order valence-electron chi connectivity index (χ4n) is 2.70. The van der Waals surface area contributed by atoms with Crippen LogP contribution in [0.5, 0.6) is 5.75 Å². The Bertz CT molecular complexity index is 604. The zero-order chi connectivity index (χ0) is 15.4. The maximum atomic E-state index is 5.54. The second-order valence-corrected chi connectivity index (χ2v) is 5.39. The van der Waals surface area contributed by atoms with E-state index >= 15 is 0 Å². The molecule has 1 unspecified atom stereocenters. The van der Waals surface area contributed by atoms with Crippen LogP contribution in [0.3, 0.4) is 0 Å². The number of nitrogens with zero attached hydrogens (tertiary/aromatic N) is 2. The van der Waals surface area contributed by atoms with Crippen LogP contribution in [-0.2, 0) is 13.6 Å². The smallest absolute Gasteiger partial charge is 0.119 e. The van der Waals surface area contributed by atoms with E-state index in [2.05, 4.69) is 43.3 Å². The highest BCUT2D eigenvalue weighted by molar-refractivity contribution is 5.30. The van der Waals surface area contributed by atoms with Crippen LogP contribution in [0.4, 0.5) is 0 Å². The molecule has 0 bridgehead atoms. The lowest BCUT2D eigenvalue weighted by molar-refractivity contribution is 0.339. The first-order valence-electron chi connectivity index (χ1n) is 7.48. The summed E-state index contributed by atoms with van der Waals surface area (Å²) in [7, 11) is 1.99. The Morgan fingerprint density at radius 2 is 2.10 bits per heavy atom. The topological polar surface area (TPSA) is 39.1 Å². The summed E-state index contributed by atoms with van der Waals surface area (Å²) in [4.78, 5) is 0. The van der Waals surface area contributed by atoms with Gasteiger partial charge in [-0.25, -0.2) is 0 Å². The van der Waals surface area contributed by atoms with Crippen molar-refractivity contribution < 1.29 is 4.74 Å². The van der Waals surface area contributed by atoms with E-state index in [0.717, 1.165) is 18.0 Å². The van der Waals surface area contributed by atoms with Gasteiger partial charge in [-0.05, 0) is 45.4 Å². The van der Waals surface area contributed by atoms with Crippen LogP contribution in [0.2, 0.25) is 0 Å². The fraction of sp³-hybridized carbons (Fsp3) is 0.471. The number of hydrogen-bond donors (Lipinski definition) is 1. The summed E-state index contributed by atoms with van der Waals surface area (Å²) >= 11 is 0. The minimum absolute atomic E-state index is 0.273. The van der Waals surface area contributed by atoms with Gasteiger partial charge >= 0.3 is 0 Å². The van der Waals surface area contributed by atoms with Crippen LogP contribution >= 0.6 is 0 Å². The summed E-state index contributed by atoms with van der Waals surface area (Å²) in [5.74, 6) is 0.929. The van der Waals surface area contributed by atoms with Crippen molar-refractivity contribution in [2.45, 2.75) is 40.3 Å². The maximum absolute atomic E-state index is 5.54. The van der Waals surface area contributed by atoms with Crippen LogP contribution in [0.15, 0.2) is 24.3 Å². The summed E-state index contributed by atoms with van der Waals surface area (Å²) in [6, 6.07) is 8.51. The first kappa shape index (κ1) is 15.6. The van der Waals surface area contributed by atoms with Crippen molar-refractivity contribution >= 4 is 0 Å². The molecule has 0 saturated heterocycles. The summed E-state index contributed by atoms with van der Waals surface area (Å²) < 4.78 is 7.48. The van der Waals surface area contributed by atoms with Crippen molar-refractivity contribution in [1.82, 2.24) is 15.1 Å². The van der Waals surface area contributed by atoms with Gasteiger partial charge < -0.3 is 10.1 Å². The van der Waals surface area contributed by atoms with Gasteiger partial charge in [0.15, 0.2) is 0 Å². The molecule has 0 aliphatic rings. The van der Waals surface area contributed by atoms with Gasteiger partial charge in [-0.15, -0.1) is 0 Å². The summed E-state index contributed by atoms with van der Waals surface area (Å²) in [6.45, 7) is 9.88. The SMILES string of the molecule is CCOc1cccc(CNC(C)c2c(C)nn(C)c2C)c1. The number of ether oxygens (including phenoxy) is 1. The number of hydrogen-bond acceptors (Lipinski definition) is 3. The standard InChI is InChI=1S/C17H25N3O/c1-6-21-16-9-7-8-15(10-16)11-18-12(2)17-13(3)19-20(5)14(17)4/h7-10,12,18H,6,11H2,1-5H3. The molecule has 1 atom stereocenters. The summed E-state index contributed by atoms with van der Waals surface area (Å²) in [5.41, 5.74) is 4.83. The van der Waals surface area contributed by atoms with Gasteiger partial charge in [0.2, 0.25) is 0 Å². The Morgan fingerprint density at radius 3 is 2.71 bits per heavy atom. The van der Waals surface area contributed by atoms with E-state index in [4.69, 9.17) is 4.74 Å². The zero-order valence-corrected chi connectivity index (χ0v) is 13.6. The van der Waals surface area contributed by atoms with Crippen LogP contribution in [0, 0.1) is 13.8 Å². The van der Waals surface area contributed by atoms with Crippen LogP contribution in [0.25, 0.3) is 0 Å². The highest BCUT2D eigenvalue weighted by Gasteiger charge is 2.15. The fourth-order valence-corrected chi connectivity index (χ4v) is 2.70. The molecule has 0 aliphatic heterocycles. The first-order chi connectivity index (χ1) is 10.0. The molecule has 4 nitrogen and oxygen atoms in total. The van der Waals surface area contributed by atoms with Crippen molar-refractivity contribution in [3.8, 4) is 5.75 Å². The zero-order valence-electron chi connectivity index (χ0n) is 13.6. The van der Waals surface area contributed by atoms with Crippen LogP contribution in [0.1, 0.15) is 42.4 Å². The van der Waals surface area contributed by atoms with Gasteiger partial charge in [-0.2, -0.15) is 5.10 Å². The van der Waals surface area contributed by atoms with E-state index in [0.29, 0.717) is 6.61 Å². The molecule has 0 saturated carbocycles. The maximum Gasteiger partial charge on any atom is 0.119 e. The lowest BCUT2D eigenvalue weighted by Crippen LogP contribution is -2.19. The Morgan fingerprint density at radius 1 is 1.33 bits per heavy atom. The van der Waals surface area contributed by atoms with Gasteiger partial charge in [0, 0.05) is 30.9 Å². The Kier molecular flexibility index (Phi) is 5.02. The highest BCUT2D eigenvalue weighted by atomic mass is 16.5. The largest absolute Gasteiger partial charge is 0.494 e. The van der Waals surface area contributed by atoms with Crippen molar-refractivity contribution in [3.05, 3.63) is 46.8 Å². The normalized spacial score (nSPS) is 12.4. The molecule has 21 heavy (non-hydrogen) atoms. The molecule has 1 heterocycles. The molecule has 2 rings (SSSR count). The molecule has 1 aromatic heterocycles. The minimum Gasteiger partial charge on any atom is -0.494 e. The Balaban J connectivity index is 2.04. The third kappa shape index (κ3) is 3.64. The molecule has 0 aliphatic carbocycles. The minimum atomic E-state index is 0.273. The van der Waals surface area contributed by atoms with E-state index in [9.17, 15) is 0 Å². The average molecular weight is 287 g/mol. The van der Waals surface area contributed by atoms with Crippen LogP contribution < -0.4 is 10.1 Å². The Labute approximate surface area is 127 Å². The average Bonchev–Trinajstić information content (AvgIpc) is 2.70. The van der Waals surface area contributed by atoms with Crippen molar-refractivity contribution in [1.29, 1.82) is 0 Å². The van der Waals surface area contributed by atoms with E-state index in [1.54, 1.807) is 0 Å². The summed E-state index contributed by atoms with van der Waals surface area (Å²) in [5, 5.41) is 8.05. The third-order valence-corrected chi connectivity index (χ3v) is 3.82. The molecule has 2 aromatic rings. The van der Waals surface area contributed by atoms with Gasteiger partial charge in [-0.3, -0.25) is 4.68 Å². The lowest BCUT2D eigenvalue weighted by atomic mass is 10.1. The van der Waals surface area contributed by atoms with Gasteiger partial charge in [-0.1, -0.05) is 12.1 Å². The molecule has 0 radical (unpaired) electrons. The molecule has 4 heteroatoms. The van der Waals surface area contributed by atoms with Crippen LogP contribution in [-0.4, -0.2) is 16.4 Å². The monoisotopic (exact) mass is 287 g/mol. The van der Waals surface area contributed by atoms with E-state index < -0.39 is 0 Å². The lowest BCUT2D eigenvalue weighted by Gasteiger charge is -2.15. The number of benzene rings is 1. The highest BCUT2D eigenvalue weighted by Crippen LogP contribution is 2.21. The molecular formula is C17H25N3O. The first-order valence-corrected chi connectivity index (χ1v) is 7.48. The predicted octanol–water partition coefficient (Wildman–Crippen LogP) is 3.29. The third-order valence-electron chi connectivity index (χ3n) is 3.82. The number of aryl methyl sites for hydroxylation is 2. The molecule has 0 spiro atoms. The molecule has 0 fully saturated rings. The van der Waals surface area contributed by atoms with Crippen molar-refractivity contribution in [2.24, 2.45) is 7.05 Å². The van der Waals surface area contributed by atoms with Gasteiger partial charge in [0.1, 0.15) is 5.75 Å². The number of aromatic nitrogens is 2. The van der Waals surface area contributed by atoms with E-state index in [1.807, 2.05) is 30.8 Å². The second-order valence-electron chi connectivity index (χ2n) is 5.39. The van der Waals surface area contributed by atoms with Gasteiger partial charge in [0.05, 0.1) is 12.3 Å². The molecule has 0 amide bonds.